The average Bonchev–Trinajstić information content (AvgIpc) is 2.72. The molecule has 0 saturated carbocycles. The van der Waals surface area contributed by atoms with Crippen LogP contribution < -0.4 is 16.0 Å². The van der Waals surface area contributed by atoms with Gasteiger partial charge in [0.25, 0.3) is 0 Å². The molecule has 4 nitrogen and oxygen atoms in total. The first-order chi connectivity index (χ1) is 8.70. The topological polar surface area (TPSA) is 58.4 Å². The molecule has 0 bridgehead atoms. The minimum absolute atomic E-state index is 0.153. The molecule has 96 valence electrons. The normalized spacial score (nSPS) is 27.6. The molecule has 2 aliphatic heterocycles. The number of benzene rings is 1. The smallest absolute Gasteiger partial charge is 0.228 e. The van der Waals surface area contributed by atoms with Gasteiger partial charge in [0.15, 0.2) is 0 Å². The lowest BCUT2D eigenvalue weighted by atomic mass is 9.78. The van der Waals surface area contributed by atoms with Gasteiger partial charge in [-0.15, -0.1) is 0 Å². The van der Waals surface area contributed by atoms with Crippen LogP contribution in [0.4, 0.5) is 11.4 Å². The number of piperidine rings is 1. The van der Waals surface area contributed by atoms with Crippen LogP contribution in [0, 0.1) is 5.41 Å². The summed E-state index contributed by atoms with van der Waals surface area (Å²) in [7, 11) is 0. The van der Waals surface area contributed by atoms with E-state index in [1.807, 2.05) is 24.3 Å². The largest absolute Gasteiger partial charge is 0.399 e. The summed E-state index contributed by atoms with van der Waals surface area (Å²) in [6.45, 7) is 2.69. The second kappa shape index (κ2) is 4.19. The molecule has 3 rings (SSSR count). The molecule has 2 heterocycles. The second-order valence-electron chi connectivity index (χ2n) is 5.40. The minimum Gasteiger partial charge on any atom is -0.399 e. The Bertz CT molecular complexity index is 457. The van der Waals surface area contributed by atoms with Gasteiger partial charge in [0, 0.05) is 31.0 Å². The van der Waals surface area contributed by atoms with Gasteiger partial charge < -0.3 is 16.0 Å². The van der Waals surface area contributed by atoms with Gasteiger partial charge in [-0.1, -0.05) is 0 Å². The molecule has 1 aromatic rings. The molecule has 0 radical (unpaired) electrons. The Kier molecular flexibility index (Phi) is 2.65. The lowest BCUT2D eigenvalue weighted by Crippen LogP contribution is -2.47. The molecule has 2 fully saturated rings. The summed E-state index contributed by atoms with van der Waals surface area (Å²) in [4.78, 5) is 14.3. The van der Waals surface area contributed by atoms with Crippen molar-refractivity contribution in [3.05, 3.63) is 24.3 Å². The van der Waals surface area contributed by atoms with Gasteiger partial charge >= 0.3 is 0 Å². The van der Waals surface area contributed by atoms with E-state index in [9.17, 15) is 4.79 Å². The van der Waals surface area contributed by atoms with Crippen molar-refractivity contribution in [3.8, 4) is 0 Å². The lowest BCUT2D eigenvalue weighted by molar-refractivity contribution is -0.128. The Morgan fingerprint density at radius 3 is 2.67 bits per heavy atom. The molecule has 3 N–H and O–H groups in total. The van der Waals surface area contributed by atoms with Gasteiger partial charge in [-0.3, -0.25) is 4.79 Å². The first kappa shape index (κ1) is 11.4. The monoisotopic (exact) mass is 245 g/mol. The van der Waals surface area contributed by atoms with Crippen molar-refractivity contribution in [2.45, 2.75) is 19.3 Å². The van der Waals surface area contributed by atoms with E-state index in [1.165, 1.54) is 5.69 Å². The van der Waals surface area contributed by atoms with Crippen molar-refractivity contribution in [2.24, 2.45) is 5.41 Å². The third kappa shape index (κ3) is 1.82. The predicted molar refractivity (Wildman–Crippen MR) is 72.4 cm³/mol. The van der Waals surface area contributed by atoms with Crippen LogP contribution >= 0.6 is 0 Å². The van der Waals surface area contributed by atoms with Crippen molar-refractivity contribution in [3.63, 3.8) is 0 Å². The van der Waals surface area contributed by atoms with Gasteiger partial charge in [-0.2, -0.15) is 0 Å². The quantitative estimate of drug-likeness (QED) is 0.735. The summed E-state index contributed by atoms with van der Waals surface area (Å²) < 4.78 is 0. The van der Waals surface area contributed by atoms with Crippen LogP contribution in [-0.4, -0.2) is 25.5 Å². The highest BCUT2D eigenvalue weighted by atomic mass is 16.2. The van der Waals surface area contributed by atoms with Crippen LogP contribution in [-0.2, 0) is 4.79 Å². The molecular weight excluding hydrogens is 226 g/mol. The molecule has 1 spiro atoms. The Labute approximate surface area is 107 Å². The van der Waals surface area contributed by atoms with E-state index in [4.69, 9.17) is 5.73 Å². The number of hydrogen-bond acceptors (Lipinski definition) is 3. The van der Waals surface area contributed by atoms with E-state index >= 15 is 0 Å². The molecule has 2 aliphatic rings. The van der Waals surface area contributed by atoms with E-state index in [1.54, 1.807) is 0 Å². The van der Waals surface area contributed by atoms with Crippen molar-refractivity contribution in [1.82, 2.24) is 5.32 Å². The van der Waals surface area contributed by atoms with Gasteiger partial charge in [0.2, 0.25) is 5.91 Å². The molecule has 0 aliphatic carbocycles. The maximum Gasteiger partial charge on any atom is 0.228 e. The van der Waals surface area contributed by atoms with Crippen LogP contribution in [0.15, 0.2) is 24.3 Å². The van der Waals surface area contributed by atoms with E-state index in [-0.39, 0.29) is 11.3 Å². The van der Waals surface area contributed by atoms with Crippen molar-refractivity contribution < 1.29 is 4.79 Å². The molecular formula is C14H19N3O. The van der Waals surface area contributed by atoms with Gasteiger partial charge in [0.1, 0.15) is 0 Å². The Morgan fingerprint density at radius 2 is 2.00 bits per heavy atom. The number of nitrogens with zero attached hydrogens (tertiary/aromatic N) is 1. The van der Waals surface area contributed by atoms with Gasteiger partial charge in [0.05, 0.1) is 5.41 Å². The highest BCUT2D eigenvalue weighted by molar-refractivity contribution is 5.85. The summed E-state index contributed by atoms with van der Waals surface area (Å²) in [6, 6.07) is 7.93. The predicted octanol–water partition coefficient (Wildman–Crippen LogP) is 1.38. The molecule has 1 amide bonds. The first-order valence-corrected chi connectivity index (χ1v) is 6.58. The van der Waals surface area contributed by atoms with E-state index in [0.29, 0.717) is 0 Å². The number of amides is 1. The highest BCUT2D eigenvalue weighted by Crippen LogP contribution is 2.38. The highest BCUT2D eigenvalue weighted by Gasteiger charge is 2.45. The van der Waals surface area contributed by atoms with Gasteiger partial charge in [-0.25, -0.2) is 0 Å². The minimum atomic E-state index is -0.153. The maximum atomic E-state index is 12.0. The third-order valence-corrected chi connectivity index (χ3v) is 4.21. The molecule has 0 aromatic heterocycles. The number of rotatable bonds is 1. The molecule has 1 aromatic carbocycles. The molecule has 1 atom stereocenters. The molecule has 4 heteroatoms. The number of nitrogen functional groups attached to an aromatic ring is 1. The Balaban J connectivity index is 1.82. The zero-order valence-electron chi connectivity index (χ0n) is 10.5. The Hall–Kier alpha value is -1.71. The van der Waals surface area contributed by atoms with Crippen LogP contribution in [0.25, 0.3) is 0 Å². The summed E-state index contributed by atoms with van der Waals surface area (Å²) in [6.07, 6.45) is 3.07. The van der Waals surface area contributed by atoms with Crippen LogP contribution in [0.3, 0.4) is 0 Å². The van der Waals surface area contributed by atoms with Crippen LogP contribution in [0.2, 0.25) is 0 Å². The SMILES string of the molecule is Nc1ccc(N2CCCC3(CCNC3=O)C2)cc1. The van der Waals surface area contributed by atoms with Crippen LogP contribution in [0.5, 0.6) is 0 Å². The molecule has 18 heavy (non-hydrogen) atoms. The van der Waals surface area contributed by atoms with Crippen molar-refractivity contribution in [1.29, 1.82) is 0 Å². The number of nitrogens with two attached hydrogens (primary N) is 1. The van der Waals surface area contributed by atoms with Gasteiger partial charge in [-0.05, 0) is 43.5 Å². The maximum absolute atomic E-state index is 12.0. The zero-order valence-corrected chi connectivity index (χ0v) is 10.5. The van der Waals surface area contributed by atoms with Crippen LogP contribution in [0.1, 0.15) is 19.3 Å². The molecule has 2 saturated heterocycles. The summed E-state index contributed by atoms with van der Waals surface area (Å²) >= 11 is 0. The zero-order chi connectivity index (χ0) is 12.6. The molecule has 1 unspecified atom stereocenters. The fourth-order valence-corrected chi connectivity index (χ4v) is 3.14. The number of hydrogen-bond donors (Lipinski definition) is 2. The van der Waals surface area contributed by atoms with E-state index in [2.05, 4.69) is 10.2 Å². The first-order valence-electron chi connectivity index (χ1n) is 6.58. The summed E-state index contributed by atoms with van der Waals surface area (Å²) in [5.41, 5.74) is 7.51. The fourth-order valence-electron chi connectivity index (χ4n) is 3.14. The number of carbonyl (C=O) groups is 1. The number of anilines is 2. The van der Waals surface area contributed by atoms with Crippen molar-refractivity contribution in [2.75, 3.05) is 30.3 Å². The standard InChI is InChI=1S/C14H19N3O/c15-11-2-4-12(5-3-11)17-9-1-6-14(10-17)7-8-16-13(14)18/h2-5H,1,6-10,15H2,(H,16,18). The van der Waals surface area contributed by atoms with E-state index < -0.39 is 0 Å². The van der Waals surface area contributed by atoms with Crippen molar-refractivity contribution >= 4 is 17.3 Å². The average molecular weight is 245 g/mol. The Morgan fingerprint density at radius 1 is 1.22 bits per heavy atom. The lowest BCUT2D eigenvalue weighted by Gasteiger charge is -2.39. The number of carbonyl (C=O) groups excluding carboxylic acids is 1. The number of nitrogens with one attached hydrogen (secondary N) is 1. The fraction of sp³-hybridized carbons (Fsp3) is 0.500. The second-order valence-corrected chi connectivity index (χ2v) is 5.40. The van der Waals surface area contributed by atoms with E-state index in [0.717, 1.165) is 44.6 Å². The third-order valence-electron chi connectivity index (χ3n) is 4.21. The summed E-state index contributed by atoms with van der Waals surface area (Å²) in [5.74, 6) is 0.239. The summed E-state index contributed by atoms with van der Waals surface area (Å²) in [5, 5.41) is 2.98.